The van der Waals surface area contributed by atoms with E-state index in [2.05, 4.69) is 10.3 Å². The Morgan fingerprint density at radius 2 is 2.21 bits per heavy atom. The first-order valence-electron chi connectivity index (χ1n) is 5.31. The Morgan fingerprint density at radius 3 is 2.68 bits per heavy atom. The molecule has 9 heteroatoms. The lowest BCUT2D eigenvalue weighted by Crippen LogP contribution is -2.35. The number of aromatic amines is 1. The van der Waals surface area contributed by atoms with E-state index in [-0.39, 0.29) is 23.2 Å². The maximum Gasteiger partial charge on any atom is 0.267 e. The molecule has 0 aromatic carbocycles. The average Bonchev–Trinajstić information content (AvgIpc) is 2.83. The van der Waals surface area contributed by atoms with Crippen LogP contribution in [0.5, 0.6) is 0 Å². The minimum Gasteiger partial charge on any atom is -0.382 e. The summed E-state index contributed by atoms with van der Waals surface area (Å²) in [7, 11) is 4.33. The number of aromatic nitrogens is 1. The van der Waals surface area contributed by atoms with E-state index in [1.807, 2.05) is 0 Å². The molecule has 7 nitrogen and oxygen atoms in total. The molecular formula is C10H15ClN2O5S. The van der Waals surface area contributed by atoms with Crippen molar-refractivity contribution in [2.45, 2.75) is 11.0 Å². The second-order valence-electron chi connectivity index (χ2n) is 3.71. The van der Waals surface area contributed by atoms with Crippen LogP contribution in [0.15, 0.2) is 17.2 Å². The molecule has 1 rings (SSSR count). The van der Waals surface area contributed by atoms with Gasteiger partial charge in [0.15, 0.2) is 0 Å². The fourth-order valence-electron chi connectivity index (χ4n) is 1.34. The van der Waals surface area contributed by atoms with Crippen LogP contribution in [0.3, 0.4) is 0 Å². The smallest absolute Gasteiger partial charge is 0.267 e. The van der Waals surface area contributed by atoms with Crippen LogP contribution in [0.2, 0.25) is 0 Å². The van der Waals surface area contributed by atoms with Crippen molar-refractivity contribution in [2.24, 2.45) is 0 Å². The van der Waals surface area contributed by atoms with E-state index in [0.717, 1.165) is 12.3 Å². The van der Waals surface area contributed by atoms with E-state index in [9.17, 15) is 13.2 Å². The van der Waals surface area contributed by atoms with Crippen LogP contribution in [-0.4, -0.2) is 52.8 Å². The van der Waals surface area contributed by atoms with E-state index in [1.165, 1.54) is 14.2 Å². The highest BCUT2D eigenvalue weighted by molar-refractivity contribution is 8.13. The molecule has 0 saturated carbocycles. The number of carbonyl (C=O) groups is 1. The maximum atomic E-state index is 11.7. The van der Waals surface area contributed by atoms with Crippen LogP contribution in [-0.2, 0) is 18.5 Å². The topological polar surface area (TPSA) is 97.5 Å². The highest BCUT2D eigenvalue weighted by Gasteiger charge is 2.16. The summed E-state index contributed by atoms with van der Waals surface area (Å²) in [6.45, 7) is 0.577. The molecule has 0 spiro atoms. The molecule has 0 aliphatic heterocycles. The molecule has 1 amide bonds. The standard InChI is InChI=1S/C10H15ClN2O5S/c1-17-6-7(18-2)4-13-10(14)9-3-8(5-12-9)19(11,15)16/h3,5,7,12H,4,6H2,1-2H3,(H,13,14). The summed E-state index contributed by atoms with van der Waals surface area (Å²) >= 11 is 0. The van der Waals surface area contributed by atoms with Crippen molar-refractivity contribution in [3.05, 3.63) is 18.0 Å². The molecule has 1 aromatic rings. The van der Waals surface area contributed by atoms with Crippen molar-refractivity contribution in [3.8, 4) is 0 Å². The van der Waals surface area contributed by atoms with Gasteiger partial charge in [0.25, 0.3) is 15.0 Å². The van der Waals surface area contributed by atoms with Crippen molar-refractivity contribution in [1.82, 2.24) is 10.3 Å². The van der Waals surface area contributed by atoms with Crippen molar-refractivity contribution < 1.29 is 22.7 Å². The monoisotopic (exact) mass is 310 g/mol. The first kappa shape index (κ1) is 16.0. The number of halogens is 1. The Labute approximate surface area is 115 Å². The normalized spacial score (nSPS) is 13.2. The number of methoxy groups -OCH3 is 2. The predicted octanol–water partition coefficient (Wildman–Crippen LogP) is 0.333. The average molecular weight is 311 g/mol. The Kier molecular flexibility index (Phi) is 5.80. The van der Waals surface area contributed by atoms with Crippen LogP contribution in [0, 0.1) is 0 Å². The first-order valence-corrected chi connectivity index (χ1v) is 7.62. The summed E-state index contributed by atoms with van der Waals surface area (Å²) in [5, 5.41) is 2.59. The first-order chi connectivity index (χ1) is 8.88. The summed E-state index contributed by atoms with van der Waals surface area (Å²) in [5.41, 5.74) is 0.103. The molecule has 108 valence electrons. The van der Waals surface area contributed by atoms with E-state index in [0.29, 0.717) is 6.61 Å². The van der Waals surface area contributed by atoms with Crippen LogP contribution < -0.4 is 5.32 Å². The number of hydrogen-bond donors (Lipinski definition) is 2. The number of rotatable bonds is 7. The minimum absolute atomic E-state index is 0.103. The van der Waals surface area contributed by atoms with Gasteiger partial charge in [0.1, 0.15) is 10.6 Å². The number of amides is 1. The summed E-state index contributed by atoms with van der Waals surface area (Å²) in [6, 6.07) is 1.16. The molecule has 0 fully saturated rings. The molecule has 0 aliphatic rings. The maximum absolute atomic E-state index is 11.7. The van der Waals surface area contributed by atoms with E-state index < -0.39 is 15.0 Å². The Bertz CT molecular complexity index is 528. The SMILES string of the molecule is COCC(CNC(=O)c1cc(S(=O)(=O)Cl)c[nH]1)OC. The van der Waals surface area contributed by atoms with E-state index >= 15 is 0 Å². The quantitative estimate of drug-likeness (QED) is 0.707. The van der Waals surface area contributed by atoms with E-state index in [1.54, 1.807) is 0 Å². The molecule has 0 saturated heterocycles. The number of carbonyl (C=O) groups excluding carboxylic acids is 1. The molecular weight excluding hydrogens is 296 g/mol. The second kappa shape index (κ2) is 6.90. The highest BCUT2D eigenvalue weighted by Crippen LogP contribution is 2.15. The van der Waals surface area contributed by atoms with Crippen molar-refractivity contribution in [2.75, 3.05) is 27.4 Å². The predicted molar refractivity (Wildman–Crippen MR) is 68.8 cm³/mol. The van der Waals surface area contributed by atoms with Crippen molar-refractivity contribution in [3.63, 3.8) is 0 Å². The van der Waals surface area contributed by atoms with Gasteiger partial charge in [-0.3, -0.25) is 4.79 Å². The van der Waals surface area contributed by atoms with Gasteiger partial charge in [-0.15, -0.1) is 0 Å². The lowest BCUT2D eigenvalue weighted by Gasteiger charge is -2.14. The zero-order valence-corrected chi connectivity index (χ0v) is 12.0. The van der Waals surface area contributed by atoms with Gasteiger partial charge in [-0.05, 0) is 6.07 Å². The third-order valence-electron chi connectivity index (χ3n) is 2.36. The molecule has 1 unspecified atom stereocenters. The molecule has 0 aliphatic carbocycles. The Morgan fingerprint density at radius 1 is 1.53 bits per heavy atom. The molecule has 0 radical (unpaired) electrons. The minimum atomic E-state index is -3.84. The third kappa shape index (κ3) is 4.83. The Hall–Kier alpha value is -1.09. The molecule has 0 bridgehead atoms. The lowest BCUT2D eigenvalue weighted by molar-refractivity contribution is 0.0285. The zero-order valence-electron chi connectivity index (χ0n) is 10.5. The molecule has 19 heavy (non-hydrogen) atoms. The largest absolute Gasteiger partial charge is 0.382 e. The van der Waals surface area contributed by atoms with Gasteiger partial charge in [0.05, 0.1) is 12.7 Å². The van der Waals surface area contributed by atoms with Crippen LogP contribution in [0.25, 0.3) is 0 Å². The zero-order chi connectivity index (χ0) is 14.5. The molecule has 1 heterocycles. The number of H-pyrrole nitrogens is 1. The van der Waals surface area contributed by atoms with Gasteiger partial charge < -0.3 is 19.8 Å². The van der Waals surface area contributed by atoms with Crippen molar-refractivity contribution >= 4 is 25.6 Å². The fraction of sp³-hybridized carbons (Fsp3) is 0.500. The van der Waals surface area contributed by atoms with Crippen LogP contribution in [0.1, 0.15) is 10.5 Å². The van der Waals surface area contributed by atoms with Gasteiger partial charge in [0, 0.05) is 37.6 Å². The fourth-order valence-corrected chi connectivity index (χ4v) is 2.07. The van der Waals surface area contributed by atoms with Gasteiger partial charge in [-0.25, -0.2) is 8.42 Å². The summed E-state index contributed by atoms with van der Waals surface area (Å²) in [4.78, 5) is 14.1. The van der Waals surface area contributed by atoms with Gasteiger partial charge in [0.2, 0.25) is 0 Å². The summed E-state index contributed by atoms with van der Waals surface area (Å²) in [6.07, 6.45) is 0.875. The van der Waals surface area contributed by atoms with Gasteiger partial charge in [-0.2, -0.15) is 0 Å². The van der Waals surface area contributed by atoms with Crippen LogP contribution in [0.4, 0.5) is 0 Å². The lowest BCUT2D eigenvalue weighted by atomic mass is 10.3. The second-order valence-corrected chi connectivity index (χ2v) is 6.28. The molecule has 1 atom stereocenters. The van der Waals surface area contributed by atoms with Gasteiger partial charge in [-0.1, -0.05) is 0 Å². The van der Waals surface area contributed by atoms with Crippen molar-refractivity contribution in [1.29, 1.82) is 0 Å². The number of ether oxygens (including phenoxy) is 2. The van der Waals surface area contributed by atoms with Gasteiger partial charge >= 0.3 is 0 Å². The van der Waals surface area contributed by atoms with Crippen LogP contribution >= 0.6 is 10.7 Å². The highest BCUT2D eigenvalue weighted by atomic mass is 35.7. The Balaban J connectivity index is 2.61. The number of hydrogen-bond acceptors (Lipinski definition) is 5. The summed E-state index contributed by atoms with van der Waals surface area (Å²) in [5.74, 6) is -0.454. The molecule has 1 aromatic heterocycles. The third-order valence-corrected chi connectivity index (χ3v) is 3.69. The number of nitrogens with one attached hydrogen (secondary N) is 2. The van der Waals surface area contributed by atoms with E-state index in [4.69, 9.17) is 20.2 Å². The summed E-state index contributed by atoms with van der Waals surface area (Å²) < 4.78 is 32.1. The molecule has 2 N–H and O–H groups in total.